The summed E-state index contributed by atoms with van der Waals surface area (Å²) in [5, 5.41) is 0. The summed E-state index contributed by atoms with van der Waals surface area (Å²) >= 11 is 0. The zero-order chi connectivity index (χ0) is 17.1. The van der Waals surface area contributed by atoms with Crippen molar-refractivity contribution >= 4 is 28.6 Å². The lowest BCUT2D eigenvalue weighted by Crippen LogP contribution is -2.41. The van der Waals surface area contributed by atoms with Crippen molar-refractivity contribution in [3.8, 4) is 0 Å². The highest BCUT2D eigenvalue weighted by molar-refractivity contribution is 6.90. The van der Waals surface area contributed by atoms with E-state index in [1.807, 2.05) is 11.4 Å². The molecule has 0 atom stereocenters. The van der Waals surface area contributed by atoms with Crippen LogP contribution in [0, 0.1) is 0 Å². The van der Waals surface area contributed by atoms with Crippen molar-refractivity contribution < 1.29 is 23.2 Å². The van der Waals surface area contributed by atoms with Gasteiger partial charge in [0.1, 0.15) is 0 Å². The van der Waals surface area contributed by atoms with Crippen molar-refractivity contribution in [3.05, 3.63) is 36.7 Å². The fourth-order valence-electron chi connectivity index (χ4n) is 1.10. The standard InChI is InChI=1S/C8H18OSi2.C6H8O4/c1-7-11(6,8-2)9-10(3,4)5;1-9-5(7)3-4-6(8)10-2/h7-8H,1-2H2,3-6H3;3-4H,1-2H3/b;4-3+. The molecule has 7 heteroatoms. The molecule has 0 unspecified atom stereocenters. The lowest BCUT2D eigenvalue weighted by atomic mass is 10.5. The molecule has 0 aromatic heterocycles. The summed E-state index contributed by atoms with van der Waals surface area (Å²) in [6.07, 6.45) is 1.98. The second-order valence-electron chi connectivity index (χ2n) is 5.19. The number of rotatable bonds is 6. The number of hydrogen-bond donors (Lipinski definition) is 0. The third-order valence-electron chi connectivity index (χ3n) is 2.09. The Hall–Kier alpha value is -1.45. The largest absolute Gasteiger partial charge is 0.466 e. The number of ether oxygens (including phenoxy) is 2. The minimum absolute atomic E-state index is 0.578. The van der Waals surface area contributed by atoms with Crippen LogP contribution in [0.15, 0.2) is 36.7 Å². The summed E-state index contributed by atoms with van der Waals surface area (Å²) in [5.74, 6) is -1.16. The summed E-state index contributed by atoms with van der Waals surface area (Å²) < 4.78 is 14.4. The molecule has 0 aromatic carbocycles. The fraction of sp³-hybridized carbons (Fsp3) is 0.429. The Balaban J connectivity index is 0. The molecule has 0 spiro atoms. The Bertz CT molecular complexity index is 371. The van der Waals surface area contributed by atoms with Crippen molar-refractivity contribution in [1.29, 1.82) is 0 Å². The first-order valence-electron chi connectivity index (χ1n) is 6.35. The predicted octanol–water partition coefficient (Wildman–Crippen LogP) is 2.75. The zero-order valence-electron chi connectivity index (χ0n) is 13.8. The maximum Gasteiger partial charge on any atom is 0.330 e. The van der Waals surface area contributed by atoms with Crippen molar-refractivity contribution in [1.82, 2.24) is 0 Å². The quantitative estimate of drug-likeness (QED) is 0.426. The highest BCUT2D eigenvalue weighted by atomic mass is 28.4. The number of esters is 2. The van der Waals surface area contributed by atoms with Gasteiger partial charge in [-0.3, -0.25) is 0 Å². The van der Waals surface area contributed by atoms with Crippen molar-refractivity contribution in [2.75, 3.05) is 14.2 Å². The Kier molecular flexibility index (Phi) is 10.7. The van der Waals surface area contributed by atoms with Crippen LogP contribution in [-0.2, 0) is 23.2 Å². The van der Waals surface area contributed by atoms with Crippen molar-refractivity contribution in [3.63, 3.8) is 0 Å². The average Bonchev–Trinajstić information content (AvgIpc) is 2.42. The lowest BCUT2D eigenvalue weighted by Gasteiger charge is -2.29. The molecule has 21 heavy (non-hydrogen) atoms. The summed E-state index contributed by atoms with van der Waals surface area (Å²) in [5.41, 5.74) is 3.86. The number of carbonyl (C=O) groups excluding carboxylic acids is 2. The van der Waals surface area contributed by atoms with E-state index in [1.54, 1.807) is 0 Å². The van der Waals surface area contributed by atoms with Gasteiger partial charge in [0.15, 0.2) is 8.32 Å². The summed E-state index contributed by atoms with van der Waals surface area (Å²) in [7, 11) is -0.706. The van der Waals surface area contributed by atoms with Gasteiger partial charge in [-0.2, -0.15) is 0 Å². The monoisotopic (exact) mass is 330 g/mol. The van der Waals surface area contributed by atoms with Gasteiger partial charge in [-0.05, 0) is 26.2 Å². The van der Waals surface area contributed by atoms with E-state index in [0.717, 1.165) is 12.2 Å². The van der Waals surface area contributed by atoms with Crippen LogP contribution in [0.3, 0.4) is 0 Å². The van der Waals surface area contributed by atoms with Gasteiger partial charge in [-0.15, -0.1) is 13.2 Å². The summed E-state index contributed by atoms with van der Waals surface area (Å²) in [6, 6.07) is 0. The molecule has 0 saturated carbocycles. The highest BCUT2D eigenvalue weighted by Crippen LogP contribution is 2.15. The van der Waals surface area contributed by atoms with E-state index < -0.39 is 28.6 Å². The van der Waals surface area contributed by atoms with E-state index in [2.05, 4.69) is 48.8 Å². The van der Waals surface area contributed by atoms with Crippen LogP contribution < -0.4 is 0 Å². The van der Waals surface area contributed by atoms with E-state index in [9.17, 15) is 9.59 Å². The number of hydrogen-bond acceptors (Lipinski definition) is 5. The Morgan fingerprint density at radius 3 is 1.33 bits per heavy atom. The molecule has 0 amide bonds. The number of methoxy groups -OCH3 is 2. The van der Waals surface area contributed by atoms with Gasteiger partial charge in [0, 0.05) is 12.2 Å². The minimum Gasteiger partial charge on any atom is -0.466 e. The van der Waals surface area contributed by atoms with Gasteiger partial charge in [0.25, 0.3) is 0 Å². The van der Waals surface area contributed by atoms with Gasteiger partial charge in [0.2, 0.25) is 8.32 Å². The first-order chi connectivity index (χ1) is 9.53. The lowest BCUT2D eigenvalue weighted by molar-refractivity contribution is -0.137. The summed E-state index contributed by atoms with van der Waals surface area (Å²) in [6.45, 7) is 16.2. The second kappa shape index (κ2) is 10.3. The van der Waals surface area contributed by atoms with Crippen LogP contribution in [0.4, 0.5) is 0 Å². The molecule has 0 saturated heterocycles. The van der Waals surface area contributed by atoms with Crippen molar-refractivity contribution in [2.45, 2.75) is 26.2 Å². The third kappa shape index (κ3) is 13.3. The minimum atomic E-state index is -1.74. The zero-order valence-corrected chi connectivity index (χ0v) is 15.8. The Morgan fingerprint density at radius 1 is 0.857 bits per heavy atom. The van der Waals surface area contributed by atoms with Crippen molar-refractivity contribution in [2.24, 2.45) is 0 Å². The smallest absolute Gasteiger partial charge is 0.330 e. The van der Waals surface area contributed by atoms with E-state index in [1.165, 1.54) is 14.2 Å². The van der Waals surface area contributed by atoms with Gasteiger partial charge in [0.05, 0.1) is 14.2 Å². The average molecular weight is 331 g/mol. The number of carbonyl (C=O) groups is 2. The molecule has 0 aliphatic carbocycles. The van der Waals surface area contributed by atoms with E-state index in [-0.39, 0.29) is 0 Å². The Morgan fingerprint density at radius 2 is 1.19 bits per heavy atom. The molecule has 0 bridgehead atoms. The topological polar surface area (TPSA) is 61.8 Å². The molecule has 0 aliphatic heterocycles. The van der Waals surface area contributed by atoms with Gasteiger partial charge in [-0.25, -0.2) is 9.59 Å². The van der Waals surface area contributed by atoms with Crippen LogP contribution >= 0.6 is 0 Å². The van der Waals surface area contributed by atoms with Gasteiger partial charge in [-0.1, -0.05) is 11.4 Å². The van der Waals surface area contributed by atoms with Crippen LogP contribution in [0.1, 0.15) is 0 Å². The molecule has 0 heterocycles. The SMILES string of the molecule is C=C[Si](C)(C=C)O[Si](C)(C)C.COC(=O)/C=C/C(=O)OC. The maximum absolute atomic E-state index is 10.3. The molecular formula is C14H26O5Si2. The normalized spacial score (nSPS) is 11.1. The van der Waals surface area contributed by atoms with Crippen LogP contribution in [0.25, 0.3) is 0 Å². The highest BCUT2D eigenvalue weighted by Gasteiger charge is 2.28. The molecule has 5 nitrogen and oxygen atoms in total. The first kappa shape index (κ1) is 21.8. The second-order valence-corrected chi connectivity index (χ2v) is 13.4. The summed E-state index contributed by atoms with van der Waals surface area (Å²) in [4.78, 5) is 20.6. The molecule has 120 valence electrons. The van der Waals surface area contributed by atoms with E-state index in [4.69, 9.17) is 4.12 Å². The van der Waals surface area contributed by atoms with Gasteiger partial charge >= 0.3 is 11.9 Å². The molecular weight excluding hydrogens is 304 g/mol. The van der Waals surface area contributed by atoms with Crippen LogP contribution in [0.5, 0.6) is 0 Å². The molecule has 0 N–H and O–H groups in total. The predicted molar refractivity (Wildman–Crippen MR) is 89.6 cm³/mol. The molecule has 0 aromatic rings. The van der Waals surface area contributed by atoms with Gasteiger partial charge < -0.3 is 13.6 Å². The Labute approximate surface area is 129 Å². The van der Waals surface area contributed by atoms with Crippen LogP contribution in [0.2, 0.25) is 26.2 Å². The fourth-order valence-corrected chi connectivity index (χ4v) is 7.21. The molecule has 0 rings (SSSR count). The maximum atomic E-state index is 10.3. The van der Waals surface area contributed by atoms with E-state index in [0.29, 0.717) is 0 Å². The first-order valence-corrected chi connectivity index (χ1v) is 12.3. The molecule has 0 fully saturated rings. The van der Waals surface area contributed by atoms with Crippen LogP contribution in [-0.4, -0.2) is 42.8 Å². The third-order valence-corrected chi connectivity index (χ3v) is 7.92. The molecule has 0 aliphatic rings. The molecule has 0 radical (unpaired) electrons. The van der Waals surface area contributed by atoms with E-state index >= 15 is 0 Å².